The molecule has 0 saturated carbocycles. The number of benzene rings is 2. The Morgan fingerprint density at radius 1 is 0.821 bits per heavy atom. The lowest BCUT2D eigenvalue weighted by Crippen LogP contribution is -1.96. The molecule has 1 heteroatoms. The van der Waals surface area contributed by atoms with E-state index >= 15 is 0 Å². The Morgan fingerprint density at radius 2 is 1.32 bits per heavy atom. The van der Waals surface area contributed by atoms with E-state index in [0.717, 1.165) is 30.6 Å². The first-order chi connectivity index (χ1) is 13.6. The van der Waals surface area contributed by atoms with Crippen LogP contribution in [0.3, 0.4) is 0 Å². The number of hydrogen-bond donors (Lipinski definition) is 1. The van der Waals surface area contributed by atoms with Gasteiger partial charge in [0.2, 0.25) is 0 Å². The van der Waals surface area contributed by atoms with E-state index < -0.39 is 0 Å². The number of rotatable bonds is 7. The van der Waals surface area contributed by atoms with Crippen LogP contribution in [0.2, 0.25) is 0 Å². The second-order valence-electron chi connectivity index (χ2n) is 6.28. The lowest BCUT2D eigenvalue weighted by Gasteiger charge is -2.18. The standard InChI is InChI=1S/C23H28S.2C2H6/c1-5-7-20(6-2)23(22-14-10-19(16-24)11-15-22)18(4)21-12-8-17(3)9-13-21;2*1-2/h8-15,24H,4-7,16H2,1-3H3;2*1-2H3/b23-20-;;. The highest BCUT2D eigenvalue weighted by Gasteiger charge is 2.13. The molecule has 2 aromatic carbocycles. The second-order valence-corrected chi connectivity index (χ2v) is 6.60. The minimum absolute atomic E-state index is 0.772. The van der Waals surface area contributed by atoms with Crippen LogP contribution in [0, 0.1) is 6.92 Å². The molecule has 0 aliphatic carbocycles. The lowest BCUT2D eigenvalue weighted by atomic mass is 9.86. The number of thiol groups is 1. The Labute approximate surface area is 180 Å². The fourth-order valence-corrected chi connectivity index (χ4v) is 3.26. The van der Waals surface area contributed by atoms with Crippen LogP contribution in [0.1, 0.15) is 83.1 Å². The predicted octanol–water partition coefficient (Wildman–Crippen LogP) is 9.15. The van der Waals surface area contributed by atoms with Crippen LogP contribution in [0.5, 0.6) is 0 Å². The largest absolute Gasteiger partial charge is 0.175 e. The fraction of sp³-hybridized carbons (Fsp3) is 0.407. The van der Waals surface area contributed by atoms with E-state index in [9.17, 15) is 0 Å². The van der Waals surface area contributed by atoms with Crippen molar-refractivity contribution >= 4 is 23.8 Å². The molecule has 0 amide bonds. The average Bonchev–Trinajstić information content (AvgIpc) is 2.77. The molecule has 0 bridgehead atoms. The molecular weight excluding hydrogens is 356 g/mol. The molecular formula is C27H40S. The van der Waals surface area contributed by atoms with Crippen molar-refractivity contribution in [1.82, 2.24) is 0 Å². The third kappa shape index (κ3) is 7.72. The van der Waals surface area contributed by atoms with E-state index in [0.29, 0.717) is 0 Å². The maximum absolute atomic E-state index is 4.45. The molecule has 28 heavy (non-hydrogen) atoms. The zero-order valence-electron chi connectivity index (χ0n) is 19.1. The Morgan fingerprint density at radius 3 is 1.75 bits per heavy atom. The summed E-state index contributed by atoms with van der Waals surface area (Å²) < 4.78 is 0. The molecule has 0 aliphatic heterocycles. The molecule has 0 fully saturated rings. The summed E-state index contributed by atoms with van der Waals surface area (Å²) in [4.78, 5) is 0. The molecule has 0 atom stereocenters. The first kappa shape index (κ1) is 26.3. The quantitative estimate of drug-likeness (QED) is 0.350. The Balaban J connectivity index is 0.00000171. The Kier molecular flexibility index (Phi) is 14.3. The molecule has 2 rings (SSSR count). The van der Waals surface area contributed by atoms with Crippen LogP contribution in [-0.2, 0) is 5.75 Å². The van der Waals surface area contributed by atoms with Gasteiger partial charge in [0, 0.05) is 5.75 Å². The monoisotopic (exact) mass is 396 g/mol. The van der Waals surface area contributed by atoms with Gasteiger partial charge in [0.25, 0.3) is 0 Å². The molecule has 0 saturated heterocycles. The summed E-state index contributed by atoms with van der Waals surface area (Å²) in [6.45, 7) is 19.1. The van der Waals surface area contributed by atoms with Crippen LogP contribution >= 0.6 is 12.6 Å². The van der Waals surface area contributed by atoms with Gasteiger partial charge in [-0.1, -0.05) is 114 Å². The average molecular weight is 397 g/mol. The summed E-state index contributed by atoms with van der Waals surface area (Å²) in [6.07, 6.45) is 3.33. The molecule has 0 aliphatic rings. The van der Waals surface area contributed by atoms with Gasteiger partial charge in [-0.25, -0.2) is 0 Å². The maximum atomic E-state index is 4.45. The van der Waals surface area contributed by atoms with E-state index in [1.807, 2.05) is 27.7 Å². The van der Waals surface area contributed by atoms with Gasteiger partial charge in [0.1, 0.15) is 0 Å². The molecule has 2 aromatic rings. The van der Waals surface area contributed by atoms with Crippen molar-refractivity contribution in [3.63, 3.8) is 0 Å². The van der Waals surface area contributed by atoms with Crippen molar-refractivity contribution in [2.75, 3.05) is 0 Å². The van der Waals surface area contributed by atoms with Crippen molar-refractivity contribution in [3.8, 4) is 0 Å². The predicted molar refractivity (Wildman–Crippen MR) is 134 cm³/mol. The number of allylic oxidation sites excluding steroid dienone is 3. The van der Waals surface area contributed by atoms with Crippen LogP contribution < -0.4 is 0 Å². The van der Waals surface area contributed by atoms with Gasteiger partial charge in [-0.2, -0.15) is 12.6 Å². The SMILES string of the molecule is C=C(/C(=C(\CC)CCC)c1ccc(CS)cc1)c1ccc(C)cc1.CC.CC. The highest BCUT2D eigenvalue weighted by molar-refractivity contribution is 7.79. The van der Waals surface area contributed by atoms with Gasteiger partial charge >= 0.3 is 0 Å². The summed E-state index contributed by atoms with van der Waals surface area (Å²) in [5.41, 5.74) is 8.91. The second kappa shape index (κ2) is 15.2. The van der Waals surface area contributed by atoms with Gasteiger partial charge in [0.15, 0.2) is 0 Å². The minimum atomic E-state index is 0.772. The normalized spacial score (nSPS) is 10.7. The van der Waals surface area contributed by atoms with Crippen molar-refractivity contribution in [2.24, 2.45) is 0 Å². The Hall–Kier alpha value is -1.73. The first-order valence-electron chi connectivity index (χ1n) is 10.8. The highest BCUT2D eigenvalue weighted by Crippen LogP contribution is 2.35. The number of aryl methyl sites for hydroxylation is 1. The molecule has 0 nitrogen and oxygen atoms in total. The van der Waals surface area contributed by atoms with Crippen molar-refractivity contribution in [3.05, 3.63) is 82.9 Å². The third-order valence-corrected chi connectivity index (χ3v) is 4.82. The van der Waals surface area contributed by atoms with Crippen molar-refractivity contribution in [1.29, 1.82) is 0 Å². The van der Waals surface area contributed by atoms with Crippen LogP contribution in [0.4, 0.5) is 0 Å². The lowest BCUT2D eigenvalue weighted by molar-refractivity contribution is 0.863. The van der Waals surface area contributed by atoms with Gasteiger partial charge in [0.05, 0.1) is 0 Å². The highest BCUT2D eigenvalue weighted by atomic mass is 32.1. The molecule has 0 unspecified atom stereocenters. The van der Waals surface area contributed by atoms with Crippen LogP contribution in [-0.4, -0.2) is 0 Å². The van der Waals surface area contributed by atoms with E-state index in [4.69, 9.17) is 0 Å². The minimum Gasteiger partial charge on any atom is -0.175 e. The molecule has 0 N–H and O–H groups in total. The van der Waals surface area contributed by atoms with Crippen LogP contribution in [0.25, 0.3) is 11.1 Å². The van der Waals surface area contributed by atoms with E-state index in [1.165, 1.54) is 33.4 Å². The van der Waals surface area contributed by atoms with Crippen molar-refractivity contribution in [2.45, 2.75) is 73.5 Å². The third-order valence-electron chi connectivity index (χ3n) is 4.46. The molecule has 0 aromatic heterocycles. The zero-order valence-corrected chi connectivity index (χ0v) is 20.0. The summed E-state index contributed by atoms with van der Waals surface area (Å²) in [6, 6.07) is 17.4. The summed E-state index contributed by atoms with van der Waals surface area (Å²) in [5, 5.41) is 0. The van der Waals surface area contributed by atoms with E-state index in [1.54, 1.807) is 0 Å². The summed E-state index contributed by atoms with van der Waals surface area (Å²) in [7, 11) is 0. The van der Waals surface area contributed by atoms with Crippen LogP contribution in [0.15, 0.2) is 60.7 Å². The fourth-order valence-electron chi connectivity index (χ4n) is 3.05. The molecule has 0 radical (unpaired) electrons. The van der Waals surface area contributed by atoms with Gasteiger partial charge in [-0.3, -0.25) is 0 Å². The van der Waals surface area contributed by atoms with Crippen molar-refractivity contribution < 1.29 is 0 Å². The van der Waals surface area contributed by atoms with Gasteiger partial charge < -0.3 is 0 Å². The summed E-state index contributed by atoms with van der Waals surface area (Å²) in [5.74, 6) is 0.772. The maximum Gasteiger partial charge on any atom is 0.0154 e. The molecule has 0 spiro atoms. The Bertz CT molecular complexity index is 703. The smallest absolute Gasteiger partial charge is 0.0154 e. The first-order valence-corrected chi connectivity index (χ1v) is 11.4. The molecule has 154 valence electrons. The number of hydrogen-bond acceptors (Lipinski definition) is 1. The molecule has 0 heterocycles. The van der Waals surface area contributed by atoms with Gasteiger partial charge in [-0.05, 0) is 47.6 Å². The van der Waals surface area contributed by atoms with Gasteiger partial charge in [-0.15, -0.1) is 0 Å². The van der Waals surface area contributed by atoms with E-state index in [-0.39, 0.29) is 0 Å². The summed E-state index contributed by atoms with van der Waals surface area (Å²) >= 11 is 4.37. The van der Waals surface area contributed by atoms with E-state index in [2.05, 4.69) is 88.5 Å². The zero-order chi connectivity index (χ0) is 21.5. The topological polar surface area (TPSA) is 0 Å².